The van der Waals surface area contributed by atoms with Gasteiger partial charge in [-0.05, 0) is 55.3 Å². The number of piperidine rings is 1. The number of rotatable bonds is 3. The van der Waals surface area contributed by atoms with Gasteiger partial charge in [-0.15, -0.1) is 0 Å². The van der Waals surface area contributed by atoms with Crippen LogP contribution in [-0.2, 0) is 0 Å². The van der Waals surface area contributed by atoms with Gasteiger partial charge in [0.25, 0.3) is 5.91 Å². The first-order valence-electron chi connectivity index (χ1n) is 7.89. The minimum absolute atomic E-state index is 0.0651. The van der Waals surface area contributed by atoms with Crippen molar-refractivity contribution >= 4 is 34.9 Å². The molecule has 1 heterocycles. The molecule has 0 N–H and O–H groups in total. The second kappa shape index (κ2) is 7.37. The van der Waals surface area contributed by atoms with Crippen LogP contribution in [-0.4, -0.2) is 29.7 Å². The molecule has 1 aliphatic heterocycles. The summed E-state index contributed by atoms with van der Waals surface area (Å²) in [5.41, 5.74) is 1.20. The molecule has 3 nitrogen and oxygen atoms in total. The van der Waals surface area contributed by atoms with Crippen LogP contribution >= 0.6 is 23.2 Å². The molecular weight excluding hydrogens is 345 g/mol. The molecule has 0 aliphatic carbocycles. The molecule has 3 rings (SSSR count). The van der Waals surface area contributed by atoms with E-state index in [2.05, 4.69) is 0 Å². The van der Waals surface area contributed by atoms with Crippen molar-refractivity contribution in [1.29, 1.82) is 0 Å². The first-order valence-corrected chi connectivity index (χ1v) is 8.65. The number of nitrogens with zero attached hydrogens (tertiary/aromatic N) is 1. The van der Waals surface area contributed by atoms with E-state index in [1.165, 1.54) is 0 Å². The SMILES string of the molecule is O=C(c1ccc(Cl)cc1)C1CCCN(C(=O)c2cccc(Cl)c2)C1. The summed E-state index contributed by atoms with van der Waals surface area (Å²) in [4.78, 5) is 27.1. The van der Waals surface area contributed by atoms with Crippen LogP contribution in [0.1, 0.15) is 33.6 Å². The van der Waals surface area contributed by atoms with Crippen LogP contribution in [0.15, 0.2) is 48.5 Å². The van der Waals surface area contributed by atoms with E-state index in [1.807, 2.05) is 0 Å². The summed E-state index contributed by atoms with van der Waals surface area (Å²) in [6.45, 7) is 1.10. The van der Waals surface area contributed by atoms with E-state index < -0.39 is 0 Å². The van der Waals surface area contributed by atoms with Crippen molar-refractivity contribution in [2.24, 2.45) is 5.92 Å². The van der Waals surface area contributed by atoms with Gasteiger partial charge < -0.3 is 4.90 Å². The summed E-state index contributed by atoms with van der Waals surface area (Å²) in [5, 5.41) is 1.14. The average Bonchev–Trinajstić information content (AvgIpc) is 2.61. The van der Waals surface area contributed by atoms with E-state index >= 15 is 0 Å². The molecule has 0 bridgehead atoms. The summed E-state index contributed by atoms with van der Waals surface area (Å²) < 4.78 is 0. The van der Waals surface area contributed by atoms with E-state index in [1.54, 1.807) is 53.4 Å². The van der Waals surface area contributed by atoms with Gasteiger partial charge in [-0.3, -0.25) is 9.59 Å². The quantitative estimate of drug-likeness (QED) is 0.741. The van der Waals surface area contributed by atoms with Crippen LogP contribution < -0.4 is 0 Å². The van der Waals surface area contributed by atoms with Crippen molar-refractivity contribution in [3.8, 4) is 0 Å². The van der Waals surface area contributed by atoms with Gasteiger partial charge in [0.15, 0.2) is 5.78 Å². The maximum absolute atomic E-state index is 12.7. The number of likely N-dealkylation sites (tertiary alicyclic amines) is 1. The van der Waals surface area contributed by atoms with Gasteiger partial charge in [-0.1, -0.05) is 29.3 Å². The standard InChI is InChI=1S/C19H17Cl2NO2/c20-16-8-6-13(7-9-16)18(23)15-4-2-10-22(12-15)19(24)14-3-1-5-17(21)11-14/h1,3,5-9,11,15H,2,4,10,12H2. The van der Waals surface area contributed by atoms with Crippen LogP contribution in [0.2, 0.25) is 10.0 Å². The van der Waals surface area contributed by atoms with Crippen molar-refractivity contribution < 1.29 is 9.59 Å². The predicted octanol–water partition coefficient (Wildman–Crippen LogP) is 4.73. The number of ketones is 1. The summed E-state index contributed by atoms with van der Waals surface area (Å²) in [6.07, 6.45) is 1.61. The molecule has 1 amide bonds. The topological polar surface area (TPSA) is 37.4 Å². The third-order valence-electron chi connectivity index (χ3n) is 4.28. The van der Waals surface area contributed by atoms with Gasteiger partial charge in [-0.2, -0.15) is 0 Å². The van der Waals surface area contributed by atoms with Crippen molar-refractivity contribution in [2.75, 3.05) is 13.1 Å². The third-order valence-corrected chi connectivity index (χ3v) is 4.77. The Morgan fingerprint density at radius 3 is 2.42 bits per heavy atom. The zero-order chi connectivity index (χ0) is 17.1. The van der Waals surface area contributed by atoms with Gasteiger partial charge in [-0.25, -0.2) is 0 Å². The smallest absolute Gasteiger partial charge is 0.253 e. The lowest BCUT2D eigenvalue weighted by Crippen LogP contribution is -2.42. The maximum atomic E-state index is 12.7. The third kappa shape index (κ3) is 3.80. The van der Waals surface area contributed by atoms with E-state index in [-0.39, 0.29) is 17.6 Å². The molecule has 0 spiro atoms. The molecule has 1 aliphatic rings. The summed E-state index contributed by atoms with van der Waals surface area (Å²) in [6, 6.07) is 13.8. The van der Waals surface area contributed by atoms with E-state index in [0.717, 1.165) is 12.8 Å². The molecule has 0 aromatic heterocycles. The highest BCUT2D eigenvalue weighted by atomic mass is 35.5. The Labute approximate surface area is 151 Å². The second-order valence-corrected chi connectivity index (χ2v) is 6.84. The normalized spacial score (nSPS) is 17.6. The fraction of sp³-hybridized carbons (Fsp3) is 0.263. The molecular formula is C19H17Cl2NO2. The Kier molecular flexibility index (Phi) is 5.22. The predicted molar refractivity (Wildman–Crippen MR) is 95.9 cm³/mol. The molecule has 1 unspecified atom stereocenters. The first kappa shape index (κ1) is 17.0. The van der Waals surface area contributed by atoms with Gasteiger partial charge in [0.1, 0.15) is 0 Å². The summed E-state index contributed by atoms with van der Waals surface area (Å²) >= 11 is 11.8. The molecule has 1 fully saturated rings. The maximum Gasteiger partial charge on any atom is 0.253 e. The lowest BCUT2D eigenvalue weighted by Gasteiger charge is -2.32. The zero-order valence-electron chi connectivity index (χ0n) is 13.0. The molecule has 2 aromatic rings. The fourth-order valence-corrected chi connectivity index (χ4v) is 3.35. The highest BCUT2D eigenvalue weighted by molar-refractivity contribution is 6.31. The molecule has 0 saturated carbocycles. The molecule has 1 atom stereocenters. The molecule has 5 heteroatoms. The minimum Gasteiger partial charge on any atom is -0.338 e. The number of Topliss-reactive ketones (excluding diaryl/α,β-unsaturated/α-hetero) is 1. The Balaban J connectivity index is 1.73. The highest BCUT2D eigenvalue weighted by Crippen LogP contribution is 2.24. The van der Waals surface area contributed by atoms with Gasteiger partial charge in [0.05, 0.1) is 0 Å². The Bertz CT molecular complexity index is 758. The van der Waals surface area contributed by atoms with Crippen molar-refractivity contribution in [2.45, 2.75) is 12.8 Å². The number of carbonyl (C=O) groups is 2. The van der Waals surface area contributed by atoms with E-state index in [9.17, 15) is 9.59 Å². The lowest BCUT2D eigenvalue weighted by atomic mass is 9.89. The molecule has 0 radical (unpaired) electrons. The largest absolute Gasteiger partial charge is 0.338 e. The number of halogens is 2. The Hall–Kier alpha value is -1.84. The molecule has 24 heavy (non-hydrogen) atoms. The monoisotopic (exact) mass is 361 g/mol. The molecule has 1 saturated heterocycles. The van der Waals surface area contributed by atoms with Gasteiger partial charge >= 0.3 is 0 Å². The summed E-state index contributed by atoms with van der Waals surface area (Å²) in [7, 11) is 0. The zero-order valence-corrected chi connectivity index (χ0v) is 14.6. The molecule has 124 valence electrons. The first-order chi connectivity index (χ1) is 11.5. The van der Waals surface area contributed by atoms with Crippen molar-refractivity contribution in [3.63, 3.8) is 0 Å². The van der Waals surface area contributed by atoms with Crippen LogP contribution in [0.3, 0.4) is 0 Å². The van der Waals surface area contributed by atoms with Gasteiger partial charge in [0, 0.05) is 40.2 Å². The van der Waals surface area contributed by atoms with E-state index in [4.69, 9.17) is 23.2 Å². The van der Waals surface area contributed by atoms with Crippen molar-refractivity contribution in [1.82, 2.24) is 4.90 Å². The summed E-state index contributed by atoms with van der Waals surface area (Å²) in [5.74, 6) is -0.190. The van der Waals surface area contributed by atoms with Crippen LogP contribution in [0, 0.1) is 5.92 Å². The van der Waals surface area contributed by atoms with E-state index in [0.29, 0.717) is 34.3 Å². The van der Waals surface area contributed by atoms with Crippen molar-refractivity contribution in [3.05, 3.63) is 69.7 Å². The lowest BCUT2D eigenvalue weighted by molar-refractivity contribution is 0.0637. The Morgan fingerprint density at radius 2 is 1.71 bits per heavy atom. The average molecular weight is 362 g/mol. The van der Waals surface area contributed by atoms with Gasteiger partial charge in [0.2, 0.25) is 0 Å². The van der Waals surface area contributed by atoms with Crippen LogP contribution in [0.4, 0.5) is 0 Å². The minimum atomic E-state index is -0.178. The number of benzene rings is 2. The highest BCUT2D eigenvalue weighted by Gasteiger charge is 2.29. The second-order valence-electron chi connectivity index (χ2n) is 5.97. The Morgan fingerprint density at radius 1 is 0.958 bits per heavy atom. The number of hydrogen-bond acceptors (Lipinski definition) is 2. The number of carbonyl (C=O) groups excluding carboxylic acids is 2. The van der Waals surface area contributed by atoms with Crippen LogP contribution in [0.5, 0.6) is 0 Å². The molecule has 2 aromatic carbocycles. The number of amides is 1. The van der Waals surface area contributed by atoms with Crippen LogP contribution in [0.25, 0.3) is 0 Å². The fourth-order valence-electron chi connectivity index (χ4n) is 3.03. The number of hydrogen-bond donors (Lipinski definition) is 0.